The molecule has 0 radical (unpaired) electrons. The summed E-state index contributed by atoms with van der Waals surface area (Å²) in [5.41, 5.74) is 4.93. The maximum Gasteiger partial charge on any atom is 0.232 e. The zero-order chi connectivity index (χ0) is 28.7. The van der Waals surface area contributed by atoms with Gasteiger partial charge in [-0.15, -0.1) is 0 Å². The van der Waals surface area contributed by atoms with Gasteiger partial charge in [0.1, 0.15) is 0 Å². The smallest absolute Gasteiger partial charge is 0.232 e. The first-order chi connectivity index (χ1) is 18.3. The number of aliphatic imine (C=N–C) groups is 1. The first kappa shape index (κ1) is 32.0. The fourth-order valence-corrected chi connectivity index (χ4v) is 3.69. The van der Waals surface area contributed by atoms with Crippen LogP contribution in [0.3, 0.4) is 0 Å². The number of carbonyl (C=O) groups is 1. The van der Waals surface area contributed by atoms with Crippen LogP contribution in [-0.2, 0) is 23.1 Å². The third-order valence-corrected chi connectivity index (χ3v) is 5.43. The third-order valence-electron chi connectivity index (χ3n) is 5.43. The second kappa shape index (κ2) is 16.6. The molecular weight excluding hydrogens is 476 g/mol. The first-order valence-electron chi connectivity index (χ1n) is 12.9. The van der Waals surface area contributed by atoms with E-state index in [0.717, 1.165) is 29.8 Å². The van der Waals surface area contributed by atoms with Gasteiger partial charge in [-0.25, -0.2) is 4.98 Å². The fourth-order valence-electron chi connectivity index (χ4n) is 3.69. The molecule has 0 aliphatic heterocycles. The van der Waals surface area contributed by atoms with Crippen molar-refractivity contribution in [2.24, 2.45) is 12.0 Å². The molecule has 1 heterocycles. The molecule has 0 atom stereocenters. The van der Waals surface area contributed by atoms with E-state index in [9.17, 15) is 4.79 Å². The van der Waals surface area contributed by atoms with Crippen molar-refractivity contribution in [3.8, 4) is 0 Å². The van der Waals surface area contributed by atoms with Gasteiger partial charge < -0.3 is 24.8 Å². The largest absolute Gasteiger partial charge is 0.480 e. The number of amides is 1. The van der Waals surface area contributed by atoms with Crippen molar-refractivity contribution in [3.05, 3.63) is 90.4 Å². The van der Waals surface area contributed by atoms with Crippen molar-refractivity contribution in [2.45, 2.75) is 53.5 Å². The van der Waals surface area contributed by atoms with Crippen LogP contribution in [0.4, 0.5) is 5.69 Å². The molecule has 0 aliphatic rings. The van der Waals surface area contributed by atoms with E-state index in [2.05, 4.69) is 47.6 Å². The topological polar surface area (TPSA) is 83.8 Å². The van der Waals surface area contributed by atoms with E-state index >= 15 is 0 Å². The number of ether oxygens (including phenoxy) is 1. The average Bonchev–Trinajstić information content (AvgIpc) is 3.31. The Morgan fingerprint density at radius 1 is 1.32 bits per heavy atom. The monoisotopic (exact) mass is 520 g/mol. The van der Waals surface area contributed by atoms with E-state index in [-0.39, 0.29) is 5.92 Å². The molecule has 0 fully saturated rings. The van der Waals surface area contributed by atoms with Crippen molar-refractivity contribution in [2.75, 3.05) is 19.5 Å². The molecule has 2 rings (SSSR count). The maximum atomic E-state index is 12.2. The number of hydrogen-bond donors (Lipinski definition) is 2. The Hall–Kier alpha value is -4.07. The molecule has 1 aromatic carbocycles. The van der Waals surface area contributed by atoms with Crippen LogP contribution in [0, 0.1) is 0 Å². The highest BCUT2D eigenvalue weighted by Gasteiger charge is 2.18. The number of carbonyl (C=O) groups excluding carboxylic acids is 1. The molecule has 0 aliphatic carbocycles. The van der Waals surface area contributed by atoms with Gasteiger partial charge in [-0.05, 0) is 36.1 Å². The lowest BCUT2D eigenvalue weighted by molar-refractivity contribution is -0.116. The number of aromatic nitrogens is 2. The van der Waals surface area contributed by atoms with Crippen LogP contribution in [0.15, 0.2) is 78.4 Å². The Labute approximate surface area is 228 Å². The highest BCUT2D eigenvalue weighted by Crippen LogP contribution is 2.21. The molecule has 0 spiro atoms. The van der Waals surface area contributed by atoms with Crippen LogP contribution < -0.4 is 10.6 Å². The minimum atomic E-state index is 0.289. The van der Waals surface area contributed by atoms with Gasteiger partial charge in [-0.3, -0.25) is 9.79 Å². The quantitative estimate of drug-likeness (QED) is 0.142. The van der Waals surface area contributed by atoms with Gasteiger partial charge in [-0.1, -0.05) is 66.0 Å². The van der Waals surface area contributed by atoms with Gasteiger partial charge in [0.25, 0.3) is 0 Å². The Kier molecular flexibility index (Phi) is 14.0. The number of hydrogen-bond acceptors (Lipinski definition) is 6. The molecular formula is C30H44N6O2. The normalized spacial score (nSPS) is 11.9. The first-order valence-corrected chi connectivity index (χ1v) is 12.9. The number of allylic oxidation sites excluding steroid dienone is 2. The Balaban J connectivity index is 0.00000352. The van der Waals surface area contributed by atoms with Gasteiger partial charge in [0.2, 0.25) is 12.3 Å². The van der Waals surface area contributed by atoms with E-state index in [1.165, 1.54) is 0 Å². The van der Waals surface area contributed by atoms with E-state index < -0.39 is 0 Å². The molecule has 2 N–H and O–H groups in total. The van der Waals surface area contributed by atoms with Crippen molar-refractivity contribution in [1.82, 2.24) is 19.8 Å². The lowest BCUT2D eigenvalue weighted by Gasteiger charge is -2.20. The molecule has 206 valence electrons. The standard InChI is InChI=1S/C28H38N6O2.C2H6/c1-9-12-24(28(29-6)36-8)32-25(27-30-16-26(20(3)4)33(27)7)18-34(19-35)17-22-13-11-14-23(15-22)31-21(5)10-2;1-2/h10-16,18-20,31-32H,2,5,9,17H2,1,3-4,6-8H3;1-2H3/b24-12+,25-18+,29-28?;. The number of anilines is 1. The lowest BCUT2D eigenvalue weighted by atomic mass is 10.1. The van der Waals surface area contributed by atoms with Crippen molar-refractivity contribution < 1.29 is 9.53 Å². The van der Waals surface area contributed by atoms with Gasteiger partial charge in [0, 0.05) is 43.6 Å². The SMILES string of the molecule is C=CC(=C)Nc1cccc(CN(C=O)/C=C(/N/C(=C/CC)C(=NC)OC)c2ncc(C(C)C)n2C)c1.CC. The van der Waals surface area contributed by atoms with E-state index in [1.54, 1.807) is 31.3 Å². The van der Waals surface area contributed by atoms with Gasteiger partial charge in [0.05, 0.1) is 25.0 Å². The molecule has 0 saturated carbocycles. The van der Waals surface area contributed by atoms with Gasteiger partial charge in [0.15, 0.2) is 5.82 Å². The second-order valence-electron chi connectivity index (χ2n) is 8.48. The molecule has 1 aromatic heterocycles. The molecule has 0 bridgehead atoms. The summed E-state index contributed by atoms with van der Waals surface area (Å²) in [4.78, 5) is 22.6. The average molecular weight is 521 g/mol. The van der Waals surface area contributed by atoms with Gasteiger partial charge in [-0.2, -0.15) is 0 Å². The Morgan fingerprint density at radius 2 is 2.03 bits per heavy atom. The summed E-state index contributed by atoms with van der Waals surface area (Å²) in [6, 6.07) is 7.80. The van der Waals surface area contributed by atoms with Crippen LogP contribution in [0.5, 0.6) is 0 Å². The minimum Gasteiger partial charge on any atom is -0.480 e. The molecule has 38 heavy (non-hydrogen) atoms. The second-order valence-corrected chi connectivity index (χ2v) is 8.48. The summed E-state index contributed by atoms with van der Waals surface area (Å²) in [6.07, 6.45) is 8.82. The molecule has 8 heteroatoms. The molecule has 8 nitrogen and oxygen atoms in total. The molecule has 0 saturated heterocycles. The predicted molar refractivity (Wildman–Crippen MR) is 160 cm³/mol. The summed E-state index contributed by atoms with van der Waals surface area (Å²) >= 11 is 0. The summed E-state index contributed by atoms with van der Waals surface area (Å²) in [6.45, 7) is 18.2. The van der Waals surface area contributed by atoms with E-state index in [0.29, 0.717) is 35.4 Å². The van der Waals surface area contributed by atoms with E-state index in [4.69, 9.17) is 4.74 Å². The Bertz CT molecular complexity index is 1160. The number of nitrogens with one attached hydrogen (secondary N) is 2. The highest BCUT2D eigenvalue weighted by atomic mass is 16.5. The van der Waals surface area contributed by atoms with Crippen LogP contribution in [0.1, 0.15) is 64.0 Å². The number of rotatable bonds is 13. The lowest BCUT2D eigenvalue weighted by Crippen LogP contribution is -2.25. The predicted octanol–water partition coefficient (Wildman–Crippen LogP) is 6.20. The summed E-state index contributed by atoms with van der Waals surface area (Å²) in [7, 11) is 5.22. The zero-order valence-electron chi connectivity index (χ0n) is 24.2. The highest BCUT2D eigenvalue weighted by molar-refractivity contribution is 5.94. The fraction of sp³-hybridized carbons (Fsp3) is 0.367. The number of nitrogens with zero attached hydrogens (tertiary/aromatic N) is 4. The number of methoxy groups -OCH3 is 1. The third kappa shape index (κ3) is 9.10. The molecule has 2 aromatic rings. The van der Waals surface area contributed by atoms with Crippen LogP contribution in [0.25, 0.3) is 5.70 Å². The minimum absolute atomic E-state index is 0.289. The molecule has 1 amide bonds. The number of benzene rings is 1. The van der Waals surface area contributed by atoms with E-state index in [1.807, 2.05) is 68.9 Å². The van der Waals surface area contributed by atoms with Crippen molar-refractivity contribution in [1.29, 1.82) is 0 Å². The summed E-state index contributed by atoms with van der Waals surface area (Å²) in [5, 5.41) is 6.59. The van der Waals surface area contributed by atoms with Gasteiger partial charge >= 0.3 is 0 Å². The Morgan fingerprint density at radius 3 is 2.55 bits per heavy atom. The maximum absolute atomic E-state index is 12.2. The molecule has 0 unspecified atom stereocenters. The number of imidazole rings is 1. The zero-order valence-corrected chi connectivity index (χ0v) is 24.2. The van der Waals surface area contributed by atoms with Crippen molar-refractivity contribution >= 4 is 23.7 Å². The van der Waals surface area contributed by atoms with Crippen LogP contribution in [-0.4, -0.2) is 40.9 Å². The summed E-state index contributed by atoms with van der Waals surface area (Å²) in [5.74, 6) is 1.44. The van der Waals surface area contributed by atoms with Crippen LogP contribution >= 0.6 is 0 Å². The summed E-state index contributed by atoms with van der Waals surface area (Å²) < 4.78 is 7.49. The van der Waals surface area contributed by atoms with Crippen LogP contribution in [0.2, 0.25) is 0 Å². The van der Waals surface area contributed by atoms with Crippen molar-refractivity contribution in [3.63, 3.8) is 0 Å².